The second kappa shape index (κ2) is 6.70. The fraction of sp³-hybridized carbons (Fsp3) is 0.118. The molecule has 8 nitrogen and oxygen atoms in total. The van der Waals surface area contributed by atoms with E-state index in [1.54, 1.807) is 44.4 Å². The first-order chi connectivity index (χ1) is 12.3. The van der Waals surface area contributed by atoms with Gasteiger partial charge in [0.15, 0.2) is 0 Å². The minimum Gasteiger partial charge on any atom is -0.306 e. The van der Waals surface area contributed by atoms with Gasteiger partial charge in [0.1, 0.15) is 5.82 Å². The molecular weight excluding hydrogens is 354 g/mol. The Balaban J connectivity index is 1.96. The van der Waals surface area contributed by atoms with E-state index in [-0.39, 0.29) is 10.5 Å². The van der Waals surface area contributed by atoms with E-state index in [9.17, 15) is 13.2 Å². The molecule has 9 heteroatoms. The number of carbonyl (C=O) groups is 1. The van der Waals surface area contributed by atoms with Gasteiger partial charge in [-0.15, -0.1) is 0 Å². The first-order valence-corrected chi connectivity index (χ1v) is 9.22. The van der Waals surface area contributed by atoms with Gasteiger partial charge in [-0.1, -0.05) is 6.07 Å². The molecule has 134 valence electrons. The Hall–Kier alpha value is -3.04. The maximum Gasteiger partial charge on any atom is 0.256 e. The first-order valence-electron chi connectivity index (χ1n) is 7.67. The zero-order valence-electron chi connectivity index (χ0n) is 14.1. The molecule has 0 bridgehead atoms. The molecule has 3 aromatic rings. The number of carbonyl (C=O) groups excluding carboxylic acids is 1. The number of amides is 1. The number of aromatic nitrogens is 3. The molecule has 0 atom stereocenters. The van der Waals surface area contributed by atoms with E-state index < -0.39 is 15.9 Å². The summed E-state index contributed by atoms with van der Waals surface area (Å²) in [7, 11) is -3.94. The number of nitrogens with zero attached hydrogens (tertiary/aromatic N) is 2. The maximum atomic E-state index is 12.6. The number of hydrogen-bond acceptors (Lipinski definition) is 5. The second-order valence-corrected chi connectivity index (χ2v) is 7.32. The van der Waals surface area contributed by atoms with Crippen molar-refractivity contribution >= 4 is 21.7 Å². The Labute approximate surface area is 150 Å². The molecule has 0 saturated carbocycles. The van der Waals surface area contributed by atoms with Gasteiger partial charge in [-0.2, -0.15) is 5.10 Å². The number of nitrogens with two attached hydrogens (primary N) is 1. The molecule has 2 aromatic heterocycles. The standard InChI is InChI=1S/C17H17N5O3S/c1-10-7-12(8-15(11(10)2)26(18,24)25)17(23)21-16-13(9-20-22-16)14-5-3-4-6-19-14/h3-9H,1-2H3,(H2,18,24,25)(H2,20,21,22,23). The summed E-state index contributed by atoms with van der Waals surface area (Å²) in [4.78, 5) is 16.8. The summed E-state index contributed by atoms with van der Waals surface area (Å²) in [5.74, 6) is -0.122. The normalized spacial score (nSPS) is 11.3. The van der Waals surface area contributed by atoms with Crippen LogP contribution < -0.4 is 10.5 Å². The highest BCUT2D eigenvalue weighted by atomic mass is 32.2. The highest BCUT2D eigenvalue weighted by molar-refractivity contribution is 7.89. The number of nitrogens with one attached hydrogen (secondary N) is 2. The molecule has 1 amide bonds. The van der Waals surface area contributed by atoms with E-state index in [1.807, 2.05) is 6.07 Å². The summed E-state index contributed by atoms with van der Waals surface area (Å²) in [5, 5.41) is 14.6. The van der Waals surface area contributed by atoms with Crippen LogP contribution in [0.2, 0.25) is 0 Å². The van der Waals surface area contributed by atoms with Crippen LogP contribution in [0.15, 0.2) is 47.6 Å². The predicted octanol–water partition coefficient (Wildman–Crippen LogP) is 1.99. The van der Waals surface area contributed by atoms with E-state index in [4.69, 9.17) is 5.14 Å². The molecule has 0 unspecified atom stereocenters. The van der Waals surface area contributed by atoms with Crippen molar-refractivity contribution in [2.24, 2.45) is 5.14 Å². The second-order valence-electron chi connectivity index (χ2n) is 5.79. The van der Waals surface area contributed by atoms with Crippen molar-refractivity contribution in [3.8, 4) is 11.3 Å². The van der Waals surface area contributed by atoms with E-state index >= 15 is 0 Å². The SMILES string of the molecule is Cc1cc(C(=O)Nc2[nH]ncc2-c2ccccn2)cc(S(N)(=O)=O)c1C. The predicted molar refractivity (Wildman–Crippen MR) is 97.1 cm³/mol. The van der Waals surface area contributed by atoms with Crippen molar-refractivity contribution in [2.75, 3.05) is 5.32 Å². The van der Waals surface area contributed by atoms with Gasteiger partial charge >= 0.3 is 0 Å². The van der Waals surface area contributed by atoms with Crippen LogP contribution in [0.4, 0.5) is 5.82 Å². The lowest BCUT2D eigenvalue weighted by Crippen LogP contribution is -2.18. The highest BCUT2D eigenvalue weighted by Crippen LogP contribution is 2.25. The number of pyridine rings is 1. The van der Waals surface area contributed by atoms with Crippen LogP contribution in [0.3, 0.4) is 0 Å². The third-order valence-electron chi connectivity index (χ3n) is 4.01. The number of sulfonamides is 1. The highest BCUT2D eigenvalue weighted by Gasteiger charge is 2.19. The van der Waals surface area contributed by atoms with Crippen molar-refractivity contribution in [1.29, 1.82) is 0 Å². The summed E-state index contributed by atoms with van der Waals surface area (Å²) in [6, 6.07) is 8.27. The Morgan fingerprint density at radius 3 is 2.65 bits per heavy atom. The van der Waals surface area contributed by atoms with Crippen molar-refractivity contribution < 1.29 is 13.2 Å². The average Bonchev–Trinajstić information content (AvgIpc) is 3.05. The number of anilines is 1. The minimum absolute atomic E-state index is 0.0720. The molecule has 0 spiro atoms. The summed E-state index contributed by atoms with van der Waals surface area (Å²) in [5.41, 5.74) is 2.60. The summed E-state index contributed by atoms with van der Waals surface area (Å²) < 4.78 is 23.5. The number of hydrogen-bond donors (Lipinski definition) is 3. The lowest BCUT2D eigenvalue weighted by atomic mass is 10.1. The quantitative estimate of drug-likeness (QED) is 0.645. The summed E-state index contributed by atoms with van der Waals surface area (Å²) in [6.45, 7) is 3.36. The van der Waals surface area contributed by atoms with Gasteiger partial charge < -0.3 is 5.32 Å². The maximum absolute atomic E-state index is 12.6. The number of benzene rings is 1. The van der Waals surface area contributed by atoms with Crippen LogP contribution in [0, 0.1) is 13.8 Å². The van der Waals surface area contributed by atoms with Gasteiger partial charge in [0.05, 0.1) is 22.3 Å². The molecule has 0 aliphatic rings. The van der Waals surface area contributed by atoms with Crippen LogP contribution in [-0.2, 0) is 10.0 Å². The molecule has 1 aromatic carbocycles. The summed E-state index contributed by atoms with van der Waals surface area (Å²) >= 11 is 0. The molecule has 2 heterocycles. The monoisotopic (exact) mass is 371 g/mol. The topological polar surface area (TPSA) is 131 Å². The molecular formula is C17H17N5O3S. The van der Waals surface area contributed by atoms with Gasteiger partial charge in [0, 0.05) is 11.8 Å². The zero-order chi connectivity index (χ0) is 18.9. The van der Waals surface area contributed by atoms with Crippen molar-refractivity contribution in [2.45, 2.75) is 18.7 Å². The Morgan fingerprint density at radius 1 is 1.23 bits per heavy atom. The molecule has 0 saturated heterocycles. The van der Waals surface area contributed by atoms with E-state index in [0.29, 0.717) is 28.2 Å². The third kappa shape index (κ3) is 3.48. The fourth-order valence-electron chi connectivity index (χ4n) is 2.54. The minimum atomic E-state index is -3.94. The fourth-order valence-corrected chi connectivity index (χ4v) is 3.42. The molecule has 3 rings (SSSR count). The molecule has 0 aliphatic heterocycles. The number of aryl methyl sites for hydroxylation is 1. The molecule has 0 fully saturated rings. The lowest BCUT2D eigenvalue weighted by Gasteiger charge is -2.11. The number of rotatable bonds is 4. The lowest BCUT2D eigenvalue weighted by molar-refractivity contribution is 0.102. The van der Waals surface area contributed by atoms with Crippen LogP contribution in [-0.4, -0.2) is 29.5 Å². The number of primary sulfonamides is 1. The van der Waals surface area contributed by atoms with Gasteiger partial charge in [-0.05, 0) is 49.2 Å². The van der Waals surface area contributed by atoms with Crippen LogP contribution in [0.5, 0.6) is 0 Å². The van der Waals surface area contributed by atoms with Gasteiger partial charge in [-0.3, -0.25) is 14.9 Å². The van der Waals surface area contributed by atoms with Crippen molar-refractivity contribution in [1.82, 2.24) is 15.2 Å². The van der Waals surface area contributed by atoms with E-state index in [2.05, 4.69) is 20.5 Å². The van der Waals surface area contributed by atoms with Crippen LogP contribution >= 0.6 is 0 Å². The van der Waals surface area contributed by atoms with Crippen LogP contribution in [0.25, 0.3) is 11.3 Å². The van der Waals surface area contributed by atoms with E-state index in [1.165, 1.54) is 6.07 Å². The largest absolute Gasteiger partial charge is 0.306 e. The molecule has 4 N–H and O–H groups in total. The Bertz CT molecular complexity index is 1080. The average molecular weight is 371 g/mol. The molecule has 0 aliphatic carbocycles. The smallest absolute Gasteiger partial charge is 0.256 e. The van der Waals surface area contributed by atoms with Crippen LogP contribution in [0.1, 0.15) is 21.5 Å². The number of aromatic amines is 1. The van der Waals surface area contributed by atoms with E-state index in [0.717, 1.165) is 0 Å². The van der Waals surface area contributed by atoms with Crippen molar-refractivity contribution in [3.63, 3.8) is 0 Å². The van der Waals surface area contributed by atoms with Gasteiger partial charge in [0.2, 0.25) is 10.0 Å². The molecule has 0 radical (unpaired) electrons. The van der Waals surface area contributed by atoms with Crippen molar-refractivity contribution in [3.05, 3.63) is 59.4 Å². The Morgan fingerprint density at radius 2 is 2.00 bits per heavy atom. The Kier molecular flexibility index (Phi) is 4.58. The summed E-state index contributed by atoms with van der Waals surface area (Å²) in [6.07, 6.45) is 3.18. The third-order valence-corrected chi connectivity index (χ3v) is 5.04. The van der Waals surface area contributed by atoms with Gasteiger partial charge in [0.25, 0.3) is 5.91 Å². The zero-order valence-corrected chi connectivity index (χ0v) is 15.0. The molecule has 26 heavy (non-hydrogen) atoms. The first kappa shape index (κ1) is 17.8. The van der Waals surface area contributed by atoms with Gasteiger partial charge in [-0.25, -0.2) is 13.6 Å². The number of H-pyrrole nitrogens is 1.